The first kappa shape index (κ1) is 19.2. The lowest BCUT2D eigenvalue weighted by molar-refractivity contribution is -0.121. The predicted molar refractivity (Wildman–Crippen MR) is 113 cm³/mol. The maximum Gasteiger partial charge on any atom is 0.266 e. The number of hydrogen-bond acceptors (Lipinski definition) is 4. The molecule has 2 aromatic carbocycles. The van der Waals surface area contributed by atoms with Crippen molar-refractivity contribution in [1.82, 2.24) is 4.90 Å². The third kappa shape index (κ3) is 4.80. The van der Waals surface area contributed by atoms with Crippen molar-refractivity contribution in [2.24, 2.45) is 4.99 Å². The highest BCUT2D eigenvalue weighted by atomic mass is 32.2. The summed E-state index contributed by atoms with van der Waals surface area (Å²) >= 11 is 1.40. The molecule has 1 saturated heterocycles. The molecule has 0 spiro atoms. The van der Waals surface area contributed by atoms with E-state index in [0.29, 0.717) is 16.7 Å². The Bertz CT molecular complexity index is 872. The van der Waals surface area contributed by atoms with E-state index in [1.54, 1.807) is 11.9 Å². The Morgan fingerprint density at radius 3 is 2.63 bits per heavy atom. The number of rotatable bonds is 6. The zero-order valence-corrected chi connectivity index (χ0v) is 16.8. The summed E-state index contributed by atoms with van der Waals surface area (Å²) in [7, 11) is 1.76. The molecule has 2 aromatic rings. The second-order valence-corrected chi connectivity index (χ2v) is 7.32. The largest absolute Gasteiger partial charge is 0.494 e. The molecule has 1 fully saturated rings. The van der Waals surface area contributed by atoms with Gasteiger partial charge in [-0.25, -0.2) is 4.99 Å². The van der Waals surface area contributed by atoms with E-state index in [2.05, 4.69) is 31.0 Å². The minimum Gasteiger partial charge on any atom is -0.494 e. The van der Waals surface area contributed by atoms with E-state index in [4.69, 9.17) is 4.74 Å². The SMILES string of the molecule is CCCOc1cccc(/C=C2/SC(=Nc3ccc(CC)cc3)N(C)C2=O)c1. The third-order valence-corrected chi connectivity index (χ3v) is 5.26. The molecule has 1 heterocycles. The monoisotopic (exact) mass is 380 g/mol. The van der Waals surface area contributed by atoms with Crippen molar-refractivity contribution in [2.45, 2.75) is 26.7 Å². The first-order valence-electron chi connectivity index (χ1n) is 9.18. The summed E-state index contributed by atoms with van der Waals surface area (Å²) in [6.07, 6.45) is 3.85. The zero-order chi connectivity index (χ0) is 19.2. The summed E-state index contributed by atoms with van der Waals surface area (Å²) in [4.78, 5) is 19.5. The topological polar surface area (TPSA) is 41.9 Å². The second-order valence-electron chi connectivity index (χ2n) is 6.31. The highest BCUT2D eigenvalue weighted by Crippen LogP contribution is 2.33. The van der Waals surface area contributed by atoms with E-state index in [1.165, 1.54) is 17.3 Å². The Morgan fingerprint density at radius 1 is 1.15 bits per heavy atom. The Hall–Kier alpha value is -2.53. The first-order chi connectivity index (χ1) is 13.1. The van der Waals surface area contributed by atoms with Gasteiger partial charge in [-0.2, -0.15) is 0 Å². The number of hydrogen-bond donors (Lipinski definition) is 0. The van der Waals surface area contributed by atoms with Gasteiger partial charge in [0.1, 0.15) is 5.75 Å². The molecule has 0 radical (unpaired) electrons. The lowest BCUT2D eigenvalue weighted by Gasteiger charge is -2.07. The van der Waals surface area contributed by atoms with Crippen LogP contribution in [-0.2, 0) is 11.2 Å². The number of nitrogens with zero attached hydrogens (tertiary/aromatic N) is 2. The maximum atomic E-state index is 12.6. The quantitative estimate of drug-likeness (QED) is 0.641. The number of amidine groups is 1. The number of thioether (sulfide) groups is 1. The molecule has 4 nitrogen and oxygen atoms in total. The summed E-state index contributed by atoms with van der Waals surface area (Å²) < 4.78 is 5.67. The van der Waals surface area contributed by atoms with Crippen LogP contribution in [0, 0.1) is 0 Å². The van der Waals surface area contributed by atoms with Gasteiger partial charge in [0, 0.05) is 7.05 Å². The minimum atomic E-state index is -0.0381. The molecular weight excluding hydrogens is 356 g/mol. The van der Waals surface area contributed by atoms with E-state index in [1.807, 2.05) is 42.5 Å². The van der Waals surface area contributed by atoms with Crippen molar-refractivity contribution < 1.29 is 9.53 Å². The highest BCUT2D eigenvalue weighted by molar-refractivity contribution is 8.18. The van der Waals surface area contributed by atoms with Gasteiger partial charge in [-0.1, -0.05) is 38.1 Å². The Balaban J connectivity index is 1.80. The molecule has 1 aliphatic heterocycles. The van der Waals surface area contributed by atoms with Crippen molar-refractivity contribution in [3.63, 3.8) is 0 Å². The van der Waals surface area contributed by atoms with Gasteiger partial charge in [-0.05, 0) is 66.1 Å². The van der Waals surface area contributed by atoms with Crippen LogP contribution in [0.25, 0.3) is 6.08 Å². The van der Waals surface area contributed by atoms with Crippen molar-refractivity contribution in [3.8, 4) is 5.75 Å². The van der Waals surface area contributed by atoms with Gasteiger partial charge in [0.05, 0.1) is 17.2 Å². The van der Waals surface area contributed by atoms with E-state index in [-0.39, 0.29) is 5.91 Å². The van der Waals surface area contributed by atoms with E-state index < -0.39 is 0 Å². The summed E-state index contributed by atoms with van der Waals surface area (Å²) in [5.41, 5.74) is 3.07. The summed E-state index contributed by atoms with van der Waals surface area (Å²) in [5, 5.41) is 0.689. The molecule has 140 valence electrons. The van der Waals surface area contributed by atoms with Crippen LogP contribution in [-0.4, -0.2) is 29.6 Å². The first-order valence-corrected chi connectivity index (χ1v) is 10.0. The molecule has 3 rings (SSSR count). The Labute approximate surface area is 164 Å². The molecule has 5 heteroatoms. The molecule has 1 amide bonds. The fraction of sp³-hybridized carbons (Fsp3) is 0.273. The van der Waals surface area contributed by atoms with Crippen LogP contribution >= 0.6 is 11.8 Å². The maximum absolute atomic E-state index is 12.6. The van der Waals surface area contributed by atoms with Crippen LogP contribution in [0.3, 0.4) is 0 Å². The van der Waals surface area contributed by atoms with Crippen LogP contribution in [0.4, 0.5) is 5.69 Å². The molecule has 0 atom stereocenters. The lowest BCUT2D eigenvalue weighted by Crippen LogP contribution is -2.23. The second kappa shape index (κ2) is 8.91. The van der Waals surface area contributed by atoms with Crippen molar-refractivity contribution in [2.75, 3.05) is 13.7 Å². The van der Waals surface area contributed by atoms with Gasteiger partial charge in [-0.15, -0.1) is 0 Å². The molecule has 27 heavy (non-hydrogen) atoms. The van der Waals surface area contributed by atoms with Gasteiger partial charge in [0.2, 0.25) is 0 Å². The van der Waals surface area contributed by atoms with Crippen molar-refractivity contribution >= 4 is 34.6 Å². The number of aryl methyl sites for hydroxylation is 1. The van der Waals surface area contributed by atoms with E-state index in [0.717, 1.165) is 29.8 Å². The Kier molecular flexibility index (Phi) is 6.35. The molecule has 1 aliphatic rings. The van der Waals surface area contributed by atoms with E-state index >= 15 is 0 Å². The summed E-state index contributed by atoms with van der Waals surface area (Å²) in [6.45, 7) is 4.88. The third-order valence-electron chi connectivity index (χ3n) is 4.20. The normalized spacial score (nSPS) is 17.1. The van der Waals surface area contributed by atoms with E-state index in [9.17, 15) is 4.79 Å². The van der Waals surface area contributed by atoms with Crippen LogP contribution in [0.5, 0.6) is 5.75 Å². The molecule has 0 unspecified atom stereocenters. The molecule has 0 saturated carbocycles. The fourth-order valence-electron chi connectivity index (χ4n) is 2.63. The number of carbonyl (C=O) groups excluding carboxylic acids is 1. The fourth-order valence-corrected chi connectivity index (χ4v) is 3.62. The van der Waals surface area contributed by atoms with Crippen molar-refractivity contribution in [3.05, 3.63) is 64.6 Å². The van der Waals surface area contributed by atoms with Gasteiger partial charge in [-0.3, -0.25) is 9.69 Å². The van der Waals surface area contributed by atoms with Gasteiger partial charge < -0.3 is 4.74 Å². The molecule has 0 N–H and O–H groups in total. The molecule has 0 bridgehead atoms. The van der Waals surface area contributed by atoms with Crippen LogP contribution in [0.2, 0.25) is 0 Å². The molecular formula is C22H24N2O2S. The predicted octanol–water partition coefficient (Wildman–Crippen LogP) is 5.27. The number of benzene rings is 2. The highest BCUT2D eigenvalue weighted by Gasteiger charge is 2.30. The standard InChI is InChI=1S/C22H24N2O2S/c1-4-13-26-19-8-6-7-17(14-19)15-20-21(25)24(3)22(27-20)23-18-11-9-16(5-2)10-12-18/h6-12,14-15H,4-5,13H2,1-3H3/b20-15+,23-22?. The van der Waals surface area contributed by atoms with Crippen molar-refractivity contribution in [1.29, 1.82) is 0 Å². The van der Waals surface area contributed by atoms with Gasteiger partial charge >= 0.3 is 0 Å². The number of aliphatic imine (C=N–C) groups is 1. The summed E-state index contributed by atoms with van der Waals surface area (Å²) in [5.74, 6) is 0.781. The Morgan fingerprint density at radius 2 is 1.93 bits per heavy atom. The number of ether oxygens (including phenoxy) is 1. The molecule has 0 aromatic heterocycles. The molecule has 0 aliphatic carbocycles. The zero-order valence-electron chi connectivity index (χ0n) is 15.9. The smallest absolute Gasteiger partial charge is 0.266 e. The van der Waals surface area contributed by atoms with Crippen LogP contribution < -0.4 is 4.74 Å². The van der Waals surface area contributed by atoms with Gasteiger partial charge in [0.15, 0.2) is 5.17 Å². The number of likely N-dealkylation sites (N-methyl/N-ethyl adjacent to an activating group) is 1. The summed E-state index contributed by atoms with van der Waals surface area (Å²) in [6, 6.07) is 15.9. The van der Waals surface area contributed by atoms with Crippen LogP contribution in [0.1, 0.15) is 31.4 Å². The number of amides is 1. The lowest BCUT2D eigenvalue weighted by atomic mass is 10.2. The van der Waals surface area contributed by atoms with Gasteiger partial charge in [0.25, 0.3) is 5.91 Å². The minimum absolute atomic E-state index is 0.0381. The average molecular weight is 381 g/mol. The average Bonchev–Trinajstić information content (AvgIpc) is 2.95. The number of carbonyl (C=O) groups is 1. The van der Waals surface area contributed by atoms with Crippen LogP contribution in [0.15, 0.2) is 58.4 Å².